The van der Waals surface area contributed by atoms with Gasteiger partial charge in [0.15, 0.2) is 0 Å². The van der Waals surface area contributed by atoms with Gasteiger partial charge in [0.05, 0.1) is 18.4 Å². The number of nitrogens with two attached hydrogens (primary N) is 1. The molecule has 0 aliphatic carbocycles. The van der Waals surface area contributed by atoms with Crippen molar-refractivity contribution < 1.29 is 4.74 Å². The Kier molecular flexibility index (Phi) is 3.05. The van der Waals surface area contributed by atoms with Crippen molar-refractivity contribution >= 4 is 5.69 Å². The van der Waals surface area contributed by atoms with Crippen molar-refractivity contribution in [2.24, 2.45) is 0 Å². The van der Waals surface area contributed by atoms with Crippen LogP contribution in [-0.4, -0.2) is 11.1 Å². The molecule has 0 aliphatic rings. The highest BCUT2D eigenvalue weighted by atomic mass is 16.5. The summed E-state index contributed by atoms with van der Waals surface area (Å²) in [6.07, 6.45) is 1.92. The van der Waals surface area contributed by atoms with Gasteiger partial charge in [-0.3, -0.25) is 4.98 Å². The summed E-state index contributed by atoms with van der Waals surface area (Å²) in [5.74, 6) is 0. The molecule has 1 aromatic rings. The van der Waals surface area contributed by atoms with E-state index in [1.54, 1.807) is 12.3 Å². The maximum Gasteiger partial charge on any atom is 0.0892 e. The molecule has 12 heavy (non-hydrogen) atoms. The molecule has 0 fully saturated rings. The van der Waals surface area contributed by atoms with Crippen LogP contribution in [0.5, 0.6) is 0 Å². The molecular formula is C9H14N2O. The number of anilines is 1. The molecule has 3 nitrogen and oxygen atoms in total. The van der Waals surface area contributed by atoms with Gasteiger partial charge >= 0.3 is 0 Å². The van der Waals surface area contributed by atoms with Crippen molar-refractivity contribution in [2.45, 2.75) is 26.6 Å². The second-order valence-corrected chi connectivity index (χ2v) is 2.94. The molecule has 1 heterocycles. The first-order chi connectivity index (χ1) is 5.68. The lowest BCUT2D eigenvalue weighted by atomic mass is 10.3. The van der Waals surface area contributed by atoms with Gasteiger partial charge in [-0.25, -0.2) is 0 Å². The second kappa shape index (κ2) is 4.07. The molecule has 1 rings (SSSR count). The molecule has 0 saturated carbocycles. The van der Waals surface area contributed by atoms with Crippen molar-refractivity contribution in [1.82, 2.24) is 4.98 Å². The van der Waals surface area contributed by atoms with E-state index in [0.717, 1.165) is 11.4 Å². The first-order valence-electron chi connectivity index (χ1n) is 4.00. The molecule has 1 aromatic heterocycles. The Morgan fingerprint density at radius 1 is 1.58 bits per heavy atom. The van der Waals surface area contributed by atoms with E-state index in [2.05, 4.69) is 4.98 Å². The number of nitrogens with zero attached hydrogens (tertiary/aromatic N) is 1. The smallest absolute Gasteiger partial charge is 0.0892 e. The van der Waals surface area contributed by atoms with E-state index < -0.39 is 0 Å². The van der Waals surface area contributed by atoms with Crippen LogP contribution in [0.3, 0.4) is 0 Å². The van der Waals surface area contributed by atoms with Gasteiger partial charge < -0.3 is 10.5 Å². The molecule has 0 amide bonds. The summed E-state index contributed by atoms with van der Waals surface area (Å²) in [5.41, 5.74) is 7.18. The Bertz CT molecular complexity index is 248. The molecule has 0 spiro atoms. The lowest BCUT2D eigenvalue weighted by molar-refractivity contribution is 0.0636. The lowest BCUT2D eigenvalue weighted by Crippen LogP contribution is -2.03. The third-order valence-electron chi connectivity index (χ3n) is 1.41. The standard InChI is InChI=1S/C9H14N2O/c1-7(2)12-6-9-5-8(10)3-4-11-9/h3-5,7H,6H2,1-2H3,(H2,10,11). The number of nitrogen functional groups attached to an aromatic ring is 1. The number of aromatic nitrogens is 1. The highest BCUT2D eigenvalue weighted by molar-refractivity contribution is 5.36. The second-order valence-electron chi connectivity index (χ2n) is 2.94. The summed E-state index contributed by atoms with van der Waals surface area (Å²) in [4.78, 5) is 4.11. The van der Waals surface area contributed by atoms with Crippen molar-refractivity contribution in [1.29, 1.82) is 0 Å². The SMILES string of the molecule is CC(C)OCc1cc(N)ccn1. The van der Waals surface area contributed by atoms with Crippen LogP contribution in [0.4, 0.5) is 5.69 Å². The summed E-state index contributed by atoms with van der Waals surface area (Å²) in [5, 5.41) is 0. The Labute approximate surface area is 72.6 Å². The van der Waals surface area contributed by atoms with E-state index in [4.69, 9.17) is 10.5 Å². The van der Waals surface area contributed by atoms with Gasteiger partial charge in [0.2, 0.25) is 0 Å². The van der Waals surface area contributed by atoms with E-state index in [9.17, 15) is 0 Å². The zero-order valence-electron chi connectivity index (χ0n) is 7.45. The molecule has 0 saturated heterocycles. The number of hydrogen-bond acceptors (Lipinski definition) is 3. The van der Waals surface area contributed by atoms with Crippen molar-refractivity contribution in [3.8, 4) is 0 Å². The highest BCUT2D eigenvalue weighted by Crippen LogP contribution is 2.05. The van der Waals surface area contributed by atoms with E-state index >= 15 is 0 Å². The lowest BCUT2D eigenvalue weighted by Gasteiger charge is -2.06. The summed E-state index contributed by atoms with van der Waals surface area (Å²) in [6.45, 7) is 4.52. The Morgan fingerprint density at radius 3 is 2.92 bits per heavy atom. The summed E-state index contributed by atoms with van der Waals surface area (Å²) in [7, 11) is 0. The third-order valence-corrected chi connectivity index (χ3v) is 1.41. The van der Waals surface area contributed by atoms with Gasteiger partial charge in [-0.2, -0.15) is 0 Å². The van der Waals surface area contributed by atoms with E-state index in [1.807, 2.05) is 19.9 Å². The zero-order valence-corrected chi connectivity index (χ0v) is 7.45. The predicted molar refractivity (Wildman–Crippen MR) is 48.6 cm³/mol. The first-order valence-corrected chi connectivity index (χ1v) is 4.00. The first kappa shape index (κ1) is 9.00. The molecule has 2 N–H and O–H groups in total. The van der Waals surface area contributed by atoms with E-state index in [0.29, 0.717) is 6.61 Å². The quantitative estimate of drug-likeness (QED) is 0.741. The van der Waals surface area contributed by atoms with Gasteiger partial charge in [0.1, 0.15) is 0 Å². The minimum Gasteiger partial charge on any atom is -0.399 e. The number of pyridine rings is 1. The molecule has 0 aliphatic heterocycles. The van der Waals surface area contributed by atoms with Crippen LogP contribution in [0, 0.1) is 0 Å². The normalized spacial score (nSPS) is 10.6. The van der Waals surface area contributed by atoms with E-state index in [1.165, 1.54) is 0 Å². The molecule has 66 valence electrons. The number of rotatable bonds is 3. The van der Waals surface area contributed by atoms with Gasteiger partial charge in [-0.05, 0) is 26.0 Å². The Hall–Kier alpha value is -1.09. The van der Waals surface area contributed by atoms with Crippen molar-refractivity contribution in [3.05, 3.63) is 24.0 Å². The van der Waals surface area contributed by atoms with Gasteiger partial charge in [-0.1, -0.05) is 0 Å². The van der Waals surface area contributed by atoms with Gasteiger partial charge in [0, 0.05) is 11.9 Å². The van der Waals surface area contributed by atoms with Crippen LogP contribution in [-0.2, 0) is 11.3 Å². The van der Waals surface area contributed by atoms with Crippen LogP contribution in [0.15, 0.2) is 18.3 Å². The van der Waals surface area contributed by atoms with Crippen molar-refractivity contribution in [2.75, 3.05) is 5.73 Å². The van der Waals surface area contributed by atoms with Crippen LogP contribution in [0.1, 0.15) is 19.5 Å². The van der Waals surface area contributed by atoms with Crippen molar-refractivity contribution in [3.63, 3.8) is 0 Å². The van der Waals surface area contributed by atoms with Gasteiger partial charge in [-0.15, -0.1) is 0 Å². The predicted octanol–water partition coefficient (Wildman–Crippen LogP) is 1.59. The summed E-state index contributed by atoms with van der Waals surface area (Å²) < 4.78 is 5.36. The molecular weight excluding hydrogens is 152 g/mol. The van der Waals surface area contributed by atoms with E-state index in [-0.39, 0.29) is 6.10 Å². The summed E-state index contributed by atoms with van der Waals surface area (Å²) in [6, 6.07) is 3.58. The Morgan fingerprint density at radius 2 is 2.33 bits per heavy atom. The highest BCUT2D eigenvalue weighted by Gasteiger charge is 1.97. The van der Waals surface area contributed by atoms with Crippen LogP contribution < -0.4 is 5.73 Å². The molecule has 0 atom stereocenters. The molecule has 0 bridgehead atoms. The fourth-order valence-electron chi connectivity index (χ4n) is 0.828. The average molecular weight is 166 g/mol. The maximum absolute atomic E-state index is 5.57. The van der Waals surface area contributed by atoms with Crippen LogP contribution in [0.2, 0.25) is 0 Å². The van der Waals surface area contributed by atoms with Crippen LogP contribution in [0.25, 0.3) is 0 Å². The molecule has 0 radical (unpaired) electrons. The van der Waals surface area contributed by atoms with Crippen LogP contribution >= 0.6 is 0 Å². The number of hydrogen-bond donors (Lipinski definition) is 1. The fraction of sp³-hybridized carbons (Fsp3) is 0.444. The fourth-order valence-corrected chi connectivity index (χ4v) is 0.828. The third kappa shape index (κ3) is 2.88. The summed E-state index contributed by atoms with van der Waals surface area (Å²) >= 11 is 0. The zero-order chi connectivity index (χ0) is 8.97. The Balaban J connectivity index is 2.52. The van der Waals surface area contributed by atoms with Gasteiger partial charge in [0.25, 0.3) is 0 Å². The minimum absolute atomic E-state index is 0.230. The topological polar surface area (TPSA) is 48.1 Å². The average Bonchev–Trinajstić information content (AvgIpc) is 2.01. The number of ether oxygens (including phenoxy) is 1. The largest absolute Gasteiger partial charge is 0.399 e. The monoisotopic (exact) mass is 166 g/mol. The maximum atomic E-state index is 5.57. The molecule has 0 unspecified atom stereocenters. The molecule has 3 heteroatoms. The minimum atomic E-state index is 0.230. The molecule has 0 aromatic carbocycles.